The number of aryl methyl sites for hydroxylation is 1. The van der Waals surface area contributed by atoms with Crippen LogP contribution in [0.1, 0.15) is 17.8 Å². The van der Waals surface area contributed by atoms with E-state index in [0.717, 1.165) is 5.56 Å². The minimum atomic E-state index is -0.322. The molecule has 130 valence electrons. The molecule has 2 heterocycles. The van der Waals surface area contributed by atoms with Crippen LogP contribution in [0.2, 0.25) is 5.15 Å². The third kappa shape index (κ3) is 4.52. The number of aromatic nitrogens is 4. The summed E-state index contributed by atoms with van der Waals surface area (Å²) in [5, 5.41) is 24.8. The number of nitrogens with zero attached hydrogens (tertiary/aromatic N) is 4. The average molecular weight is 360 g/mol. The van der Waals surface area contributed by atoms with Crippen LogP contribution in [0.4, 0.5) is 0 Å². The largest absolute Gasteiger partial charge is 0.394 e. The zero-order chi connectivity index (χ0) is 17.6. The molecule has 0 aliphatic heterocycles. The van der Waals surface area contributed by atoms with Crippen molar-refractivity contribution in [3.8, 4) is 0 Å². The Morgan fingerprint density at radius 1 is 1.20 bits per heavy atom. The van der Waals surface area contributed by atoms with Gasteiger partial charge in [-0.25, -0.2) is 0 Å². The Bertz CT molecular complexity index is 853. The van der Waals surface area contributed by atoms with Crippen LogP contribution < -0.4 is 5.32 Å². The molecule has 1 aromatic carbocycles. The Morgan fingerprint density at radius 2 is 2.00 bits per heavy atom. The van der Waals surface area contributed by atoms with Crippen LogP contribution in [0.3, 0.4) is 0 Å². The summed E-state index contributed by atoms with van der Waals surface area (Å²) in [4.78, 5) is 12.2. The standard InChI is InChI=1S/C17H18ClN5O2/c18-14-6-7-15-20-21-16(23(15)22-14)8-9-17(25)19-13(11-24)10-12-4-2-1-3-5-12/h1-7,13,24H,8-11H2,(H,19,25)/t13-/m0/s1. The van der Waals surface area contributed by atoms with Gasteiger partial charge in [0, 0.05) is 12.8 Å². The van der Waals surface area contributed by atoms with Gasteiger partial charge in [-0.15, -0.1) is 10.2 Å². The summed E-state index contributed by atoms with van der Waals surface area (Å²) >= 11 is 5.88. The van der Waals surface area contributed by atoms with Crippen molar-refractivity contribution in [2.75, 3.05) is 6.61 Å². The summed E-state index contributed by atoms with van der Waals surface area (Å²) in [6.07, 6.45) is 1.18. The van der Waals surface area contributed by atoms with Crippen LogP contribution in [0.5, 0.6) is 0 Å². The summed E-state index contributed by atoms with van der Waals surface area (Å²) in [6.45, 7) is -0.119. The van der Waals surface area contributed by atoms with E-state index in [9.17, 15) is 9.90 Å². The molecule has 0 aliphatic rings. The highest BCUT2D eigenvalue weighted by Gasteiger charge is 2.14. The average Bonchev–Trinajstić information content (AvgIpc) is 3.02. The molecule has 2 N–H and O–H groups in total. The maximum atomic E-state index is 12.2. The van der Waals surface area contributed by atoms with Gasteiger partial charge in [-0.3, -0.25) is 4.79 Å². The van der Waals surface area contributed by atoms with E-state index in [1.807, 2.05) is 30.3 Å². The summed E-state index contributed by atoms with van der Waals surface area (Å²) < 4.78 is 1.53. The normalized spacial score (nSPS) is 12.2. The van der Waals surface area contributed by atoms with Crippen LogP contribution in [-0.2, 0) is 17.6 Å². The van der Waals surface area contributed by atoms with E-state index in [2.05, 4.69) is 20.6 Å². The highest BCUT2D eigenvalue weighted by molar-refractivity contribution is 6.29. The smallest absolute Gasteiger partial charge is 0.220 e. The predicted molar refractivity (Wildman–Crippen MR) is 93.3 cm³/mol. The molecule has 0 fully saturated rings. The first-order valence-corrected chi connectivity index (χ1v) is 8.34. The van der Waals surface area contributed by atoms with E-state index in [1.54, 1.807) is 12.1 Å². The molecular formula is C17H18ClN5O2. The van der Waals surface area contributed by atoms with Crippen molar-refractivity contribution in [3.05, 3.63) is 59.0 Å². The fraction of sp³-hybridized carbons (Fsp3) is 0.294. The molecule has 2 aromatic heterocycles. The third-order valence-corrected chi connectivity index (χ3v) is 3.98. The van der Waals surface area contributed by atoms with Gasteiger partial charge in [0.2, 0.25) is 5.91 Å². The first-order chi connectivity index (χ1) is 12.2. The van der Waals surface area contributed by atoms with Crippen LogP contribution in [0.25, 0.3) is 5.65 Å². The minimum absolute atomic E-state index is 0.119. The number of benzene rings is 1. The SMILES string of the molecule is O=C(CCc1nnc2ccc(Cl)nn12)N[C@H](CO)Cc1ccccc1. The Morgan fingerprint density at radius 3 is 2.76 bits per heavy atom. The second-order valence-electron chi connectivity index (χ2n) is 5.68. The number of rotatable bonds is 7. The monoisotopic (exact) mass is 359 g/mol. The first-order valence-electron chi connectivity index (χ1n) is 7.96. The molecule has 3 aromatic rings. The van der Waals surface area contributed by atoms with Gasteiger partial charge in [0.05, 0.1) is 12.6 Å². The van der Waals surface area contributed by atoms with E-state index in [4.69, 9.17) is 11.6 Å². The number of aliphatic hydroxyl groups excluding tert-OH is 1. The summed E-state index contributed by atoms with van der Waals surface area (Å²) in [7, 11) is 0. The Hall–Kier alpha value is -2.51. The van der Waals surface area contributed by atoms with Crippen LogP contribution in [0.15, 0.2) is 42.5 Å². The fourth-order valence-corrected chi connectivity index (χ4v) is 2.69. The van der Waals surface area contributed by atoms with E-state index in [1.165, 1.54) is 4.52 Å². The highest BCUT2D eigenvalue weighted by Crippen LogP contribution is 2.09. The zero-order valence-corrected chi connectivity index (χ0v) is 14.2. The number of hydrogen-bond acceptors (Lipinski definition) is 5. The van der Waals surface area contributed by atoms with Crippen LogP contribution >= 0.6 is 11.6 Å². The van der Waals surface area contributed by atoms with Crippen LogP contribution in [0, 0.1) is 0 Å². The van der Waals surface area contributed by atoms with Gasteiger partial charge in [0.15, 0.2) is 11.5 Å². The lowest BCUT2D eigenvalue weighted by atomic mass is 10.1. The zero-order valence-electron chi connectivity index (χ0n) is 13.5. The van der Waals surface area contributed by atoms with E-state index in [0.29, 0.717) is 29.5 Å². The second-order valence-corrected chi connectivity index (χ2v) is 6.07. The molecule has 0 saturated carbocycles. The fourth-order valence-electron chi connectivity index (χ4n) is 2.55. The molecule has 0 bridgehead atoms. The van der Waals surface area contributed by atoms with Gasteiger partial charge in [-0.2, -0.15) is 9.61 Å². The maximum Gasteiger partial charge on any atom is 0.220 e. The van der Waals surface area contributed by atoms with Crippen molar-refractivity contribution < 1.29 is 9.90 Å². The first kappa shape index (κ1) is 17.3. The number of hydrogen-bond donors (Lipinski definition) is 2. The van der Waals surface area contributed by atoms with Gasteiger partial charge in [0.1, 0.15) is 5.15 Å². The maximum absolute atomic E-state index is 12.2. The molecule has 0 spiro atoms. The van der Waals surface area contributed by atoms with Crippen molar-refractivity contribution in [1.29, 1.82) is 0 Å². The third-order valence-electron chi connectivity index (χ3n) is 3.78. The number of nitrogens with one attached hydrogen (secondary N) is 1. The van der Waals surface area contributed by atoms with E-state index >= 15 is 0 Å². The van der Waals surface area contributed by atoms with Gasteiger partial charge in [0.25, 0.3) is 0 Å². The molecule has 3 rings (SSSR count). The molecule has 0 aliphatic carbocycles. The van der Waals surface area contributed by atoms with Gasteiger partial charge in [-0.05, 0) is 24.1 Å². The number of aliphatic hydroxyl groups is 1. The number of halogens is 1. The molecule has 0 saturated heterocycles. The summed E-state index contributed by atoms with van der Waals surface area (Å²) in [5.41, 5.74) is 1.64. The Kier molecular flexibility index (Phi) is 5.57. The van der Waals surface area contributed by atoms with Crippen LogP contribution in [-0.4, -0.2) is 43.5 Å². The van der Waals surface area contributed by atoms with Gasteiger partial charge in [-0.1, -0.05) is 41.9 Å². The quantitative estimate of drug-likeness (QED) is 0.665. The summed E-state index contributed by atoms with van der Waals surface area (Å²) in [6, 6.07) is 12.8. The molecular weight excluding hydrogens is 342 g/mol. The lowest BCUT2D eigenvalue weighted by molar-refractivity contribution is -0.122. The molecule has 25 heavy (non-hydrogen) atoms. The van der Waals surface area contributed by atoms with Crippen molar-refractivity contribution in [3.63, 3.8) is 0 Å². The molecule has 0 unspecified atom stereocenters. The van der Waals surface area contributed by atoms with Crippen molar-refractivity contribution in [1.82, 2.24) is 25.1 Å². The molecule has 7 nitrogen and oxygen atoms in total. The molecule has 1 atom stereocenters. The number of carbonyl (C=O) groups is 1. The topological polar surface area (TPSA) is 92.4 Å². The Labute approximate surface area is 149 Å². The van der Waals surface area contributed by atoms with Crippen molar-refractivity contribution in [2.24, 2.45) is 0 Å². The predicted octanol–water partition coefficient (Wildman–Crippen LogP) is 1.43. The second kappa shape index (κ2) is 8.04. The number of carbonyl (C=O) groups excluding carboxylic acids is 1. The molecule has 0 radical (unpaired) electrons. The lowest BCUT2D eigenvalue weighted by Crippen LogP contribution is -2.39. The van der Waals surface area contributed by atoms with Crippen molar-refractivity contribution >= 4 is 23.2 Å². The van der Waals surface area contributed by atoms with E-state index < -0.39 is 0 Å². The summed E-state index contributed by atoms with van der Waals surface area (Å²) in [5.74, 6) is 0.407. The van der Waals surface area contributed by atoms with Crippen molar-refractivity contribution in [2.45, 2.75) is 25.3 Å². The Balaban J connectivity index is 1.57. The molecule has 8 heteroatoms. The highest BCUT2D eigenvalue weighted by atomic mass is 35.5. The number of amides is 1. The lowest BCUT2D eigenvalue weighted by Gasteiger charge is -2.16. The van der Waals surface area contributed by atoms with E-state index in [-0.39, 0.29) is 25.0 Å². The van der Waals surface area contributed by atoms with Gasteiger partial charge < -0.3 is 10.4 Å². The minimum Gasteiger partial charge on any atom is -0.394 e. The number of fused-ring (bicyclic) bond motifs is 1. The van der Waals surface area contributed by atoms with Gasteiger partial charge >= 0.3 is 0 Å². The molecule has 1 amide bonds.